The van der Waals surface area contributed by atoms with Gasteiger partial charge in [0.2, 0.25) is 11.7 Å². The van der Waals surface area contributed by atoms with Gasteiger partial charge in [-0.3, -0.25) is 4.79 Å². The van der Waals surface area contributed by atoms with E-state index < -0.39 is 0 Å². The molecule has 2 aromatic carbocycles. The van der Waals surface area contributed by atoms with E-state index in [1.165, 1.54) is 5.56 Å². The molecule has 0 unspecified atom stereocenters. The van der Waals surface area contributed by atoms with Crippen LogP contribution in [0.15, 0.2) is 53.1 Å². The molecule has 1 aromatic heterocycles. The van der Waals surface area contributed by atoms with E-state index in [4.69, 9.17) is 4.52 Å². The summed E-state index contributed by atoms with van der Waals surface area (Å²) in [7, 11) is 0. The monoisotopic (exact) mass is 347 g/mol. The van der Waals surface area contributed by atoms with Gasteiger partial charge in [-0.1, -0.05) is 43.3 Å². The van der Waals surface area contributed by atoms with Gasteiger partial charge in [-0.2, -0.15) is 4.98 Å². The number of amides is 1. The fourth-order valence-electron chi connectivity index (χ4n) is 2.77. The Morgan fingerprint density at radius 3 is 2.38 bits per heavy atom. The summed E-state index contributed by atoms with van der Waals surface area (Å²) in [5, 5.41) is 6.95. The van der Waals surface area contributed by atoms with Crippen LogP contribution in [0.25, 0.3) is 11.4 Å². The van der Waals surface area contributed by atoms with Gasteiger partial charge in [0.05, 0.1) is 0 Å². The van der Waals surface area contributed by atoms with Gasteiger partial charge in [0.25, 0.3) is 5.91 Å². The summed E-state index contributed by atoms with van der Waals surface area (Å²) >= 11 is 0. The third-order valence-electron chi connectivity index (χ3n) is 4.61. The molecule has 132 valence electrons. The molecule has 26 heavy (non-hydrogen) atoms. The highest BCUT2D eigenvalue weighted by Gasteiger charge is 2.29. The number of hydrogen-bond acceptors (Lipinski definition) is 4. The summed E-state index contributed by atoms with van der Waals surface area (Å²) in [6.45, 7) is 4.29. The zero-order chi connectivity index (χ0) is 18.1. The standard InChI is InChI=1S/C21H21N3O2/c1-13(2)14-9-11-18(12-10-14)22-20(25)16-5-3-15(4-6-16)19-23-21(26-24-19)17-7-8-17/h3-6,9-13,17H,7-8H2,1-2H3,(H,22,25). The number of anilines is 1. The second-order valence-corrected chi connectivity index (χ2v) is 7.04. The quantitative estimate of drug-likeness (QED) is 0.706. The molecule has 4 rings (SSSR count). The molecular formula is C21H21N3O2. The highest BCUT2D eigenvalue weighted by atomic mass is 16.5. The molecule has 0 atom stereocenters. The van der Waals surface area contributed by atoms with E-state index in [1.54, 1.807) is 12.1 Å². The summed E-state index contributed by atoms with van der Waals surface area (Å²) in [6.07, 6.45) is 2.25. The van der Waals surface area contributed by atoms with E-state index in [0.717, 1.165) is 24.1 Å². The second kappa shape index (κ2) is 6.75. The Morgan fingerprint density at radius 2 is 1.77 bits per heavy atom. The van der Waals surface area contributed by atoms with Crippen LogP contribution >= 0.6 is 0 Å². The lowest BCUT2D eigenvalue weighted by molar-refractivity contribution is 0.102. The van der Waals surface area contributed by atoms with Crippen molar-refractivity contribution in [2.45, 2.75) is 38.5 Å². The Labute approximate surface area is 152 Å². The van der Waals surface area contributed by atoms with Crippen LogP contribution in [0.2, 0.25) is 0 Å². The highest BCUT2D eigenvalue weighted by molar-refractivity contribution is 6.04. The zero-order valence-electron chi connectivity index (χ0n) is 14.9. The summed E-state index contributed by atoms with van der Waals surface area (Å²) in [6, 6.07) is 15.2. The van der Waals surface area contributed by atoms with Gasteiger partial charge >= 0.3 is 0 Å². The Morgan fingerprint density at radius 1 is 1.08 bits per heavy atom. The molecule has 1 heterocycles. The third kappa shape index (κ3) is 3.52. The van der Waals surface area contributed by atoms with E-state index in [9.17, 15) is 4.79 Å². The molecule has 0 radical (unpaired) electrons. The largest absolute Gasteiger partial charge is 0.339 e. The number of carbonyl (C=O) groups excluding carboxylic acids is 1. The van der Waals surface area contributed by atoms with Crippen LogP contribution in [-0.2, 0) is 0 Å². The molecule has 1 aliphatic rings. The summed E-state index contributed by atoms with van der Waals surface area (Å²) in [5.74, 6) is 2.05. The topological polar surface area (TPSA) is 68.0 Å². The molecule has 0 aliphatic heterocycles. The predicted molar refractivity (Wildman–Crippen MR) is 100 cm³/mol. The van der Waals surface area contributed by atoms with Crippen molar-refractivity contribution in [2.75, 3.05) is 5.32 Å². The first-order chi connectivity index (χ1) is 12.6. The van der Waals surface area contributed by atoms with Crippen LogP contribution in [0.3, 0.4) is 0 Å². The Balaban J connectivity index is 1.44. The Kier molecular flexibility index (Phi) is 4.29. The molecule has 1 saturated carbocycles. The van der Waals surface area contributed by atoms with Crippen LogP contribution < -0.4 is 5.32 Å². The Bertz CT molecular complexity index is 907. The van der Waals surface area contributed by atoms with Gasteiger partial charge in [-0.25, -0.2) is 0 Å². The fourth-order valence-corrected chi connectivity index (χ4v) is 2.77. The van der Waals surface area contributed by atoms with Crippen LogP contribution in [0.5, 0.6) is 0 Å². The summed E-state index contributed by atoms with van der Waals surface area (Å²) in [4.78, 5) is 16.9. The van der Waals surface area contributed by atoms with Gasteiger partial charge in [-0.05, 0) is 48.6 Å². The van der Waals surface area contributed by atoms with Crippen molar-refractivity contribution in [3.8, 4) is 11.4 Å². The first kappa shape index (κ1) is 16.5. The van der Waals surface area contributed by atoms with Crippen LogP contribution in [-0.4, -0.2) is 16.0 Å². The van der Waals surface area contributed by atoms with Crippen molar-refractivity contribution in [3.63, 3.8) is 0 Å². The predicted octanol–water partition coefficient (Wildman–Crippen LogP) is 4.99. The molecule has 1 fully saturated rings. The number of rotatable bonds is 5. The fraction of sp³-hybridized carbons (Fsp3) is 0.286. The molecule has 1 aliphatic carbocycles. The smallest absolute Gasteiger partial charge is 0.255 e. The minimum absolute atomic E-state index is 0.138. The molecule has 5 nitrogen and oxygen atoms in total. The average Bonchev–Trinajstić information content (AvgIpc) is 3.39. The van der Waals surface area contributed by atoms with E-state index in [-0.39, 0.29) is 5.91 Å². The lowest BCUT2D eigenvalue weighted by Gasteiger charge is -2.08. The molecule has 0 spiro atoms. The Hall–Kier alpha value is -2.95. The minimum atomic E-state index is -0.138. The number of nitrogens with zero attached hydrogens (tertiary/aromatic N) is 2. The molecular weight excluding hydrogens is 326 g/mol. The minimum Gasteiger partial charge on any atom is -0.339 e. The van der Waals surface area contributed by atoms with Crippen molar-refractivity contribution in [3.05, 3.63) is 65.5 Å². The van der Waals surface area contributed by atoms with Gasteiger partial charge in [-0.15, -0.1) is 0 Å². The molecule has 5 heteroatoms. The highest BCUT2D eigenvalue weighted by Crippen LogP contribution is 2.39. The molecule has 0 bridgehead atoms. The lowest BCUT2D eigenvalue weighted by atomic mass is 10.0. The average molecular weight is 347 g/mol. The van der Waals surface area contributed by atoms with E-state index in [1.807, 2.05) is 36.4 Å². The first-order valence-electron chi connectivity index (χ1n) is 8.95. The lowest BCUT2D eigenvalue weighted by Crippen LogP contribution is -2.11. The van der Waals surface area contributed by atoms with Crippen LogP contribution in [0.4, 0.5) is 5.69 Å². The maximum absolute atomic E-state index is 12.4. The SMILES string of the molecule is CC(C)c1ccc(NC(=O)c2ccc(-c3noc(C4CC4)n3)cc2)cc1. The number of carbonyl (C=O) groups is 1. The van der Waals surface area contributed by atoms with Crippen molar-refractivity contribution in [1.29, 1.82) is 0 Å². The van der Waals surface area contributed by atoms with Gasteiger partial charge < -0.3 is 9.84 Å². The van der Waals surface area contributed by atoms with Crippen LogP contribution in [0, 0.1) is 0 Å². The zero-order valence-corrected chi connectivity index (χ0v) is 14.9. The number of benzene rings is 2. The normalized spacial score (nSPS) is 13.8. The molecule has 3 aromatic rings. The molecule has 1 amide bonds. The van der Waals surface area contributed by atoms with Crippen molar-refractivity contribution in [1.82, 2.24) is 10.1 Å². The van der Waals surface area contributed by atoms with Crippen molar-refractivity contribution in [2.24, 2.45) is 0 Å². The maximum atomic E-state index is 12.4. The van der Waals surface area contributed by atoms with Gasteiger partial charge in [0, 0.05) is 22.7 Å². The van der Waals surface area contributed by atoms with E-state index in [0.29, 0.717) is 29.1 Å². The number of hydrogen-bond donors (Lipinski definition) is 1. The van der Waals surface area contributed by atoms with Gasteiger partial charge in [0.1, 0.15) is 0 Å². The number of nitrogens with one attached hydrogen (secondary N) is 1. The molecule has 0 saturated heterocycles. The van der Waals surface area contributed by atoms with Gasteiger partial charge in [0.15, 0.2) is 0 Å². The molecule has 1 N–H and O–H groups in total. The summed E-state index contributed by atoms with van der Waals surface area (Å²) in [5.41, 5.74) is 3.47. The van der Waals surface area contributed by atoms with E-state index in [2.05, 4.69) is 29.3 Å². The number of aromatic nitrogens is 2. The van der Waals surface area contributed by atoms with Crippen LogP contribution in [0.1, 0.15) is 60.3 Å². The van der Waals surface area contributed by atoms with Crippen molar-refractivity contribution < 1.29 is 9.32 Å². The summed E-state index contributed by atoms with van der Waals surface area (Å²) < 4.78 is 5.29. The third-order valence-corrected chi connectivity index (χ3v) is 4.61. The maximum Gasteiger partial charge on any atom is 0.255 e. The van der Waals surface area contributed by atoms with E-state index >= 15 is 0 Å². The second-order valence-electron chi connectivity index (χ2n) is 7.04. The first-order valence-corrected chi connectivity index (χ1v) is 8.95. The van der Waals surface area contributed by atoms with Crippen molar-refractivity contribution >= 4 is 11.6 Å².